The zero-order valence-electron chi connectivity index (χ0n) is 25.1. The molecule has 6 nitrogen and oxygen atoms in total. The molecule has 1 heterocycles. The zero-order chi connectivity index (χ0) is 29.1. The van der Waals surface area contributed by atoms with Gasteiger partial charge in [-0.1, -0.05) is 45.0 Å². The number of amides is 1. The first-order valence-electron chi connectivity index (χ1n) is 14.8. The van der Waals surface area contributed by atoms with Crippen molar-refractivity contribution in [1.82, 2.24) is 14.9 Å². The number of fused-ring (bicyclic) bond motifs is 1. The van der Waals surface area contributed by atoms with Gasteiger partial charge in [-0.25, -0.2) is 4.98 Å². The summed E-state index contributed by atoms with van der Waals surface area (Å²) in [5.41, 5.74) is 6.78. The van der Waals surface area contributed by atoms with Gasteiger partial charge in [0.25, 0.3) is 0 Å². The highest BCUT2D eigenvalue weighted by Gasteiger charge is 2.34. The molecular formula is C34H43N5OS. The molecule has 3 aromatic carbocycles. The molecule has 1 aliphatic carbocycles. The van der Waals surface area contributed by atoms with Crippen LogP contribution in [0.5, 0.6) is 0 Å². The van der Waals surface area contributed by atoms with Crippen molar-refractivity contribution in [3.8, 4) is 0 Å². The highest BCUT2D eigenvalue weighted by Crippen LogP contribution is 2.38. The van der Waals surface area contributed by atoms with Crippen LogP contribution < -0.4 is 14.9 Å². The molecule has 0 saturated heterocycles. The van der Waals surface area contributed by atoms with Gasteiger partial charge < -0.3 is 19.5 Å². The Kier molecular flexibility index (Phi) is 9.05. The molecule has 1 fully saturated rings. The molecule has 216 valence electrons. The maximum absolute atomic E-state index is 13.3. The number of nitrogens with one attached hydrogen (secondary N) is 2. The van der Waals surface area contributed by atoms with Crippen molar-refractivity contribution < 1.29 is 4.79 Å². The number of aromatic nitrogens is 2. The van der Waals surface area contributed by atoms with Gasteiger partial charge in [-0.15, -0.1) is 0 Å². The second kappa shape index (κ2) is 12.7. The van der Waals surface area contributed by atoms with E-state index in [9.17, 15) is 4.79 Å². The lowest BCUT2D eigenvalue weighted by molar-refractivity contribution is -0.121. The first-order valence-corrected chi connectivity index (χ1v) is 15.6. The van der Waals surface area contributed by atoms with Gasteiger partial charge in [0.2, 0.25) is 5.91 Å². The number of likely N-dealkylation sites (N-methyl/N-ethyl adjacent to an activating group) is 1. The number of hydrogen-bond acceptors (Lipinski definition) is 5. The van der Waals surface area contributed by atoms with E-state index in [-0.39, 0.29) is 11.8 Å². The van der Waals surface area contributed by atoms with E-state index in [1.807, 2.05) is 19.1 Å². The highest BCUT2D eigenvalue weighted by molar-refractivity contribution is 8.00. The quantitative estimate of drug-likeness (QED) is 0.203. The predicted octanol–water partition coefficient (Wildman–Crippen LogP) is 7.65. The molecule has 1 aromatic heterocycles. The van der Waals surface area contributed by atoms with Crippen LogP contribution in [0.3, 0.4) is 0 Å². The van der Waals surface area contributed by atoms with Crippen molar-refractivity contribution in [1.29, 1.82) is 0 Å². The van der Waals surface area contributed by atoms with E-state index in [0.29, 0.717) is 17.9 Å². The molecule has 3 atom stereocenters. The van der Waals surface area contributed by atoms with Crippen molar-refractivity contribution in [3.05, 3.63) is 83.7 Å². The first kappa shape index (κ1) is 29.2. The van der Waals surface area contributed by atoms with E-state index >= 15 is 0 Å². The predicted molar refractivity (Wildman–Crippen MR) is 173 cm³/mol. The maximum atomic E-state index is 13.3. The van der Waals surface area contributed by atoms with Gasteiger partial charge in [0.15, 0.2) is 0 Å². The van der Waals surface area contributed by atoms with E-state index in [1.54, 1.807) is 11.9 Å². The molecule has 7 heteroatoms. The molecule has 2 unspecified atom stereocenters. The number of rotatable bonds is 9. The molecule has 0 radical (unpaired) electrons. The van der Waals surface area contributed by atoms with Gasteiger partial charge in [-0.2, -0.15) is 0 Å². The normalized spacial score (nSPS) is 19.0. The van der Waals surface area contributed by atoms with E-state index in [4.69, 9.17) is 0 Å². The summed E-state index contributed by atoms with van der Waals surface area (Å²) < 4.78 is 4.32. The number of carbonyl (C=O) groups is 1. The molecule has 0 bridgehead atoms. The van der Waals surface area contributed by atoms with Crippen molar-refractivity contribution in [2.75, 3.05) is 23.2 Å². The van der Waals surface area contributed by atoms with E-state index in [2.05, 4.69) is 114 Å². The summed E-state index contributed by atoms with van der Waals surface area (Å²) in [7, 11) is 4.15. The first-order chi connectivity index (χ1) is 19.7. The number of benzene rings is 3. The summed E-state index contributed by atoms with van der Waals surface area (Å²) in [6.07, 6.45) is 2.75. The van der Waals surface area contributed by atoms with Crippen LogP contribution in [0.25, 0.3) is 11.0 Å². The molecular weight excluding hydrogens is 526 g/mol. The number of aryl methyl sites for hydroxylation is 2. The lowest BCUT2D eigenvalue weighted by atomic mass is 9.74. The third-order valence-corrected chi connectivity index (χ3v) is 9.48. The van der Waals surface area contributed by atoms with Gasteiger partial charge in [-0.05, 0) is 110 Å². The van der Waals surface area contributed by atoms with Gasteiger partial charge in [0, 0.05) is 42.3 Å². The summed E-state index contributed by atoms with van der Waals surface area (Å²) in [6, 6.07) is 24.0. The van der Waals surface area contributed by atoms with Crippen LogP contribution in [0, 0.1) is 12.8 Å². The number of anilines is 2. The number of imidazole rings is 1. The smallest absolute Gasteiger partial charge is 0.227 e. The third-order valence-electron chi connectivity index (χ3n) is 8.54. The number of hydrogen-bond donors (Lipinski definition) is 2. The molecule has 2 N–H and O–H groups in total. The summed E-state index contributed by atoms with van der Waals surface area (Å²) >= 11 is 1.70. The summed E-state index contributed by atoms with van der Waals surface area (Å²) in [4.78, 5) is 19.1. The largest absolute Gasteiger partial charge is 0.331 e. The number of carbonyl (C=O) groups excluding carboxylic acids is 1. The Morgan fingerprint density at radius 1 is 1.07 bits per heavy atom. The minimum atomic E-state index is 0.00253. The van der Waals surface area contributed by atoms with Gasteiger partial charge >= 0.3 is 0 Å². The lowest BCUT2D eigenvalue weighted by Crippen LogP contribution is -2.41. The Morgan fingerprint density at radius 2 is 1.80 bits per heavy atom. The van der Waals surface area contributed by atoms with Crippen LogP contribution >= 0.6 is 11.9 Å². The number of nitrogens with zero attached hydrogens (tertiary/aromatic N) is 3. The Hall–Kier alpha value is -3.29. The van der Waals surface area contributed by atoms with Crippen molar-refractivity contribution in [3.63, 3.8) is 0 Å². The highest BCUT2D eigenvalue weighted by atomic mass is 32.2. The second-order valence-corrected chi connectivity index (χ2v) is 12.8. The van der Waals surface area contributed by atoms with Crippen LogP contribution in [0.15, 0.2) is 71.6 Å². The fourth-order valence-corrected chi connectivity index (χ4v) is 6.81. The molecule has 5 rings (SSSR count). The Bertz CT molecular complexity index is 1480. The van der Waals surface area contributed by atoms with Crippen LogP contribution in [0.4, 0.5) is 11.4 Å². The minimum Gasteiger partial charge on any atom is -0.331 e. The Labute approximate surface area is 249 Å². The zero-order valence-corrected chi connectivity index (χ0v) is 26.0. The molecule has 1 aliphatic rings. The fraction of sp³-hybridized carbons (Fsp3) is 0.412. The maximum Gasteiger partial charge on any atom is 0.227 e. The molecule has 1 amide bonds. The van der Waals surface area contributed by atoms with Crippen LogP contribution in [0.1, 0.15) is 68.8 Å². The average molecular weight is 570 g/mol. The summed E-state index contributed by atoms with van der Waals surface area (Å²) in [5, 5.41) is 6.88. The molecule has 0 spiro atoms. The van der Waals surface area contributed by atoms with Crippen LogP contribution in [-0.2, 0) is 11.8 Å². The topological polar surface area (TPSA) is 62.2 Å². The molecule has 1 saturated carbocycles. The minimum absolute atomic E-state index is 0.00253. The molecule has 41 heavy (non-hydrogen) atoms. The Morgan fingerprint density at radius 3 is 2.49 bits per heavy atom. The van der Waals surface area contributed by atoms with E-state index < -0.39 is 0 Å². The third kappa shape index (κ3) is 6.62. The van der Waals surface area contributed by atoms with Gasteiger partial charge in [0.1, 0.15) is 5.82 Å². The van der Waals surface area contributed by atoms with E-state index in [1.165, 1.54) is 11.1 Å². The average Bonchev–Trinajstić information content (AvgIpc) is 3.25. The van der Waals surface area contributed by atoms with Crippen molar-refractivity contribution in [2.24, 2.45) is 13.0 Å². The second-order valence-electron chi connectivity index (χ2n) is 11.6. The fourth-order valence-electron chi connectivity index (χ4n) is 5.98. The van der Waals surface area contributed by atoms with E-state index in [0.717, 1.165) is 58.9 Å². The van der Waals surface area contributed by atoms with Crippen molar-refractivity contribution in [2.45, 2.75) is 69.7 Å². The molecule has 0 aliphatic heterocycles. The van der Waals surface area contributed by atoms with Gasteiger partial charge in [0.05, 0.1) is 11.0 Å². The van der Waals surface area contributed by atoms with Crippen molar-refractivity contribution >= 4 is 40.3 Å². The van der Waals surface area contributed by atoms with Crippen LogP contribution in [0.2, 0.25) is 0 Å². The molecule has 4 aromatic rings. The van der Waals surface area contributed by atoms with Crippen LogP contribution in [-0.4, -0.2) is 35.1 Å². The SMILES string of the molecule is CCN[C@@H]1CCC(C(=O)Nc2ccc(C(C)C)cc2)CC1c1ccc(N(C)Sc2ccc3c(c2)nc(C)n3C)cc1. The summed E-state index contributed by atoms with van der Waals surface area (Å²) in [5.74, 6) is 1.93. The van der Waals surface area contributed by atoms with Gasteiger partial charge in [-0.3, -0.25) is 4.79 Å². The Balaban J connectivity index is 1.26. The monoisotopic (exact) mass is 569 g/mol. The lowest BCUT2D eigenvalue weighted by Gasteiger charge is -2.36. The summed E-state index contributed by atoms with van der Waals surface area (Å²) in [6.45, 7) is 9.49. The standard InChI is InChI=1S/C34H43N5OS/c1-7-35-31-18-12-26(34(40)37-27-13-8-24(9-14-27)22(2)3)20-30(31)25-10-15-28(16-11-25)39(6)41-29-17-19-33-32(21-29)36-23(4)38(33)5/h8-11,13-17,19,21-22,26,30-31,35H,7,12,18,20H2,1-6H3,(H,37,40)/t26?,30?,31-/m1/s1.